The molecule has 1 atom stereocenters. The highest BCUT2D eigenvalue weighted by molar-refractivity contribution is 7.10. The quantitative estimate of drug-likeness (QED) is 0.586. The van der Waals surface area contributed by atoms with Crippen LogP contribution in [0.4, 0.5) is 0 Å². The number of hydrogen-bond donors (Lipinski definition) is 0. The van der Waals surface area contributed by atoms with Crippen LogP contribution in [0.5, 0.6) is 0 Å². The minimum Gasteiger partial charge on any atom is -0.248 e. The van der Waals surface area contributed by atoms with Gasteiger partial charge in [-0.25, -0.2) is 4.98 Å². The van der Waals surface area contributed by atoms with Crippen molar-refractivity contribution in [2.75, 3.05) is 0 Å². The summed E-state index contributed by atoms with van der Waals surface area (Å²) in [4.78, 5) is 5.70. The summed E-state index contributed by atoms with van der Waals surface area (Å²) in [5.41, 5.74) is 3.30. The van der Waals surface area contributed by atoms with Crippen molar-refractivity contribution in [3.63, 3.8) is 0 Å². The zero-order chi connectivity index (χ0) is 10.2. The third-order valence-corrected chi connectivity index (χ3v) is 3.34. The molecule has 2 heteroatoms. The number of aromatic nitrogens is 1. The van der Waals surface area contributed by atoms with E-state index in [1.165, 1.54) is 10.6 Å². The minimum absolute atomic E-state index is 0.163. The van der Waals surface area contributed by atoms with Crippen LogP contribution in [0.1, 0.15) is 37.3 Å². The Kier molecular flexibility index (Phi) is 2.31. The maximum absolute atomic E-state index is 4.40. The molecule has 1 nitrogen and oxygen atoms in total. The summed E-state index contributed by atoms with van der Waals surface area (Å²) >= 11 is 1.72. The lowest BCUT2D eigenvalue weighted by molar-refractivity contribution is 0.622. The number of fused-ring (bicyclic) bond motifs is 1. The number of rotatable bonds is 0. The molecule has 0 aromatic carbocycles. The molecule has 0 radical (unpaired) electrons. The van der Waals surface area contributed by atoms with Gasteiger partial charge in [-0.15, -0.1) is 11.3 Å². The molecule has 1 aromatic rings. The fraction of sp³-hybridized carbons (Fsp3) is 0.417. The summed E-state index contributed by atoms with van der Waals surface area (Å²) in [6.45, 7) is 6.64. The number of hydrogen-bond acceptors (Lipinski definition) is 2. The predicted octanol–water partition coefficient (Wildman–Crippen LogP) is 3.86. The predicted molar refractivity (Wildman–Crippen MR) is 62.5 cm³/mol. The minimum atomic E-state index is 0.163. The van der Waals surface area contributed by atoms with Crippen LogP contribution in [0.15, 0.2) is 23.7 Å². The summed E-state index contributed by atoms with van der Waals surface area (Å²) in [7, 11) is 0. The highest BCUT2D eigenvalue weighted by Gasteiger charge is 2.16. The highest BCUT2D eigenvalue weighted by atomic mass is 32.1. The van der Waals surface area contributed by atoms with E-state index in [1.54, 1.807) is 11.3 Å². The van der Waals surface area contributed by atoms with Crippen molar-refractivity contribution >= 4 is 17.4 Å². The van der Waals surface area contributed by atoms with Gasteiger partial charge in [0.05, 0.1) is 16.1 Å². The molecule has 0 N–H and O–H groups in total. The van der Waals surface area contributed by atoms with Gasteiger partial charge in [-0.1, -0.05) is 39.0 Å². The molecule has 0 aliphatic heterocycles. The van der Waals surface area contributed by atoms with Gasteiger partial charge in [0.2, 0.25) is 0 Å². The van der Waals surface area contributed by atoms with Gasteiger partial charge in [-0.05, 0) is 6.08 Å². The van der Waals surface area contributed by atoms with Crippen molar-refractivity contribution in [3.05, 3.63) is 34.3 Å². The molecule has 0 spiro atoms. The molecule has 1 unspecified atom stereocenters. The number of thiazole rings is 1. The van der Waals surface area contributed by atoms with E-state index in [2.05, 4.69) is 50.1 Å². The first-order valence-electron chi connectivity index (χ1n) is 4.90. The lowest BCUT2D eigenvalue weighted by atomic mass is 9.88. The molecule has 1 aliphatic carbocycles. The van der Waals surface area contributed by atoms with Crippen LogP contribution in [0, 0.1) is 5.41 Å². The second kappa shape index (κ2) is 3.35. The van der Waals surface area contributed by atoms with E-state index in [0.29, 0.717) is 5.92 Å². The molecular formula is C12H15NS. The zero-order valence-electron chi connectivity index (χ0n) is 8.82. The van der Waals surface area contributed by atoms with Gasteiger partial charge in [0.15, 0.2) is 0 Å². The highest BCUT2D eigenvalue weighted by Crippen LogP contribution is 2.31. The average molecular weight is 205 g/mol. The zero-order valence-corrected chi connectivity index (χ0v) is 9.64. The Morgan fingerprint density at radius 3 is 2.93 bits per heavy atom. The summed E-state index contributed by atoms with van der Waals surface area (Å²) in [5, 5.41) is 0. The molecule has 0 saturated carbocycles. The normalized spacial score (nSPS) is 28.6. The van der Waals surface area contributed by atoms with Crippen LogP contribution in [0.25, 0.3) is 6.08 Å². The van der Waals surface area contributed by atoms with E-state index in [-0.39, 0.29) is 5.41 Å². The number of nitrogens with zero attached hydrogens (tertiary/aromatic N) is 1. The molecule has 14 heavy (non-hydrogen) atoms. The summed E-state index contributed by atoms with van der Waals surface area (Å²) in [5.74, 6) is 0.431. The van der Waals surface area contributed by atoms with E-state index >= 15 is 0 Å². The van der Waals surface area contributed by atoms with Gasteiger partial charge in [-0.2, -0.15) is 0 Å². The maximum atomic E-state index is 4.40. The molecule has 1 heterocycles. The fourth-order valence-electron chi connectivity index (χ4n) is 1.56. The van der Waals surface area contributed by atoms with Gasteiger partial charge in [0.1, 0.15) is 0 Å². The van der Waals surface area contributed by atoms with Crippen LogP contribution in [0.3, 0.4) is 0 Å². The van der Waals surface area contributed by atoms with Gasteiger partial charge < -0.3 is 0 Å². The van der Waals surface area contributed by atoms with Gasteiger partial charge >= 0.3 is 0 Å². The fourth-order valence-corrected chi connectivity index (χ4v) is 2.35. The molecule has 2 rings (SSSR count). The lowest BCUT2D eigenvalue weighted by Crippen LogP contribution is -2.05. The van der Waals surface area contributed by atoms with E-state index < -0.39 is 0 Å². The Morgan fingerprint density at radius 1 is 1.36 bits per heavy atom. The van der Waals surface area contributed by atoms with Gasteiger partial charge in [-0.3, -0.25) is 0 Å². The van der Waals surface area contributed by atoms with Gasteiger partial charge in [0.25, 0.3) is 0 Å². The van der Waals surface area contributed by atoms with Crippen molar-refractivity contribution in [1.29, 1.82) is 0 Å². The Hall–Kier alpha value is -0.890. The Balaban J connectivity index is 2.48. The molecule has 1 aliphatic rings. The van der Waals surface area contributed by atoms with E-state index in [4.69, 9.17) is 0 Å². The summed E-state index contributed by atoms with van der Waals surface area (Å²) < 4.78 is 0. The second-order valence-electron chi connectivity index (χ2n) is 4.40. The first-order valence-corrected chi connectivity index (χ1v) is 5.78. The molecule has 0 bridgehead atoms. The molecule has 0 amide bonds. The Morgan fingerprint density at radius 2 is 2.14 bits per heavy atom. The van der Waals surface area contributed by atoms with E-state index in [1.807, 2.05) is 5.51 Å². The summed E-state index contributed by atoms with van der Waals surface area (Å²) in [6, 6.07) is 0. The lowest BCUT2D eigenvalue weighted by Gasteiger charge is -2.18. The molecule has 1 aromatic heterocycles. The molecule has 0 saturated heterocycles. The topological polar surface area (TPSA) is 12.9 Å². The SMILES string of the molecule is CC1/C=C\C(C)(C)/C=C\c2scnc21. The van der Waals surface area contributed by atoms with Crippen molar-refractivity contribution in [3.8, 4) is 0 Å². The molecule has 74 valence electrons. The molecular weight excluding hydrogens is 190 g/mol. The second-order valence-corrected chi connectivity index (χ2v) is 5.29. The van der Waals surface area contributed by atoms with Crippen LogP contribution in [-0.4, -0.2) is 4.98 Å². The van der Waals surface area contributed by atoms with Gasteiger partial charge in [0, 0.05) is 11.3 Å². The standard InChI is InChI=1S/C12H15NS/c1-9-4-6-12(2,3)7-5-10-11(9)13-8-14-10/h4-9H,1-3H3/b6-4-,7-5-. The van der Waals surface area contributed by atoms with Crippen molar-refractivity contribution in [2.24, 2.45) is 5.41 Å². The Bertz CT molecular complexity index is 385. The third-order valence-electron chi connectivity index (χ3n) is 2.53. The van der Waals surface area contributed by atoms with Crippen molar-refractivity contribution in [1.82, 2.24) is 4.98 Å². The van der Waals surface area contributed by atoms with E-state index in [9.17, 15) is 0 Å². The monoisotopic (exact) mass is 205 g/mol. The largest absolute Gasteiger partial charge is 0.248 e. The first kappa shape index (κ1) is 9.66. The van der Waals surface area contributed by atoms with Crippen LogP contribution < -0.4 is 0 Å². The van der Waals surface area contributed by atoms with Crippen LogP contribution in [0.2, 0.25) is 0 Å². The third kappa shape index (κ3) is 1.80. The average Bonchev–Trinajstić information content (AvgIpc) is 2.57. The van der Waals surface area contributed by atoms with Crippen LogP contribution in [-0.2, 0) is 0 Å². The van der Waals surface area contributed by atoms with E-state index in [0.717, 1.165) is 0 Å². The Labute approximate surface area is 89.2 Å². The number of allylic oxidation sites excluding steroid dienone is 3. The summed E-state index contributed by atoms with van der Waals surface area (Å²) in [6.07, 6.45) is 8.96. The molecule has 0 fully saturated rings. The van der Waals surface area contributed by atoms with Crippen LogP contribution >= 0.6 is 11.3 Å². The maximum Gasteiger partial charge on any atom is 0.0801 e. The first-order chi connectivity index (χ1) is 6.58. The smallest absolute Gasteiger partial charge is 0.0801 e. The van der Waals surface area contributed by atoms with Crippen molar-refractivity contribution in [2.45, 2.75) is 26.7 Å². The van der Waals surface area contributed by atoms with Crippen molar-refractivity contribution < 1.29 is 0 Å².